The van der Waals surface area contributed by atoms with E-state index in [1.165, 1.54) is 238 Å². The Morgan fingerprint density at radius 3 is 1.10 bits per heavy atom. The highest BCUT2D eigenvalue weighted by molar-refractivity contribution is 5.76. The van der Waals surface area contributed by atoms with Crippen LogP contribution in [0, 0.1) is 0 Å². The van der Waals surface area contributed by atoms with E-state index >= 15 is 0 Å². The summed E-state index contributed by atoms with van der Waals surface area (Å²) in [5.41, 5.74) is 0. The summed E-state index contributed by atoms with van der Waals surface area (Å²) in [5.74, 6) is -0.184. The summed E-state index contributed by atoms with van der Waals surface area (Å²) in [6, 6.07) is -0.827. The summed E-state index contributed by atoms with van der Waals surface area (Å²) in [6.45, 7) is 3.69. The lowest BCUT2D eigenvalue weighted by Crippen LogP contribution is -2.60. The Labute approximate surface area is 536 Å². The fourth-order valence-corrected chi connectivity index (χ4v) is 11.4. The molecule has 1 aliphatic heterocycles. The number of amides is 1. The molecule has 1 fully saturated rings. The third kappa shape index (κ3) is 54.6. The molecule has 0 bridgehead atoms. The maximum absolute atomic E-state index is 13.1. The first-order valence-electron chi connectivity index (χ1n) is 37.0. The van der Waals surface area contributed by atoms with E-state index in [0.717, 1.165) is 77.0 Å². The van der Waals surface area contributed by atoms with Crippen LogP contribution in [-0.4, -0.2) is 87.5 Å². The third-order valence-electron chi connectivity index (χ3n) is 17.1. The summed E-state index contributed by atoms with van der Waals surface area (Å²) in [6.07, 6.45) is 89.6. The molecule has 0 aliphatic carbocycles. The van der Waals surface area contributed by atoms with Crippen molar-refractivity contribution in [3.63, 3.8) is 0 Å². The van der Waals surface area contributed by atoms with E-state index in [9.17, 15) is 30.3 Å². The van der Waals surface area contributed by atoms with Crippen LogP contribution in [0.2, 0.25) is 0 Å². The largest absolute Gasteiger partial charge is 0.394 e. The first-order valence-corrected chi connectivity index (χ1v) is 37.0. The minimum absolute atomic E-state index is 0.184. The lowest BCUT2D eigenvalue weighted by atomic mass is 9.99. The van der Waals surface area contributed by atoms with E-state index in [-0.39, 0.29) is 12.5 Å². The van der Waals surface area contributed by atoms with Crippen molar-refractivity contribution in [3.8, 4) is 0 Å². The van der Waals surface area contributed by atoms with Crippen LogP contribution in [0.1, 0.15) is 335 Å². The Balaban J connectivity index is 2.12. The predicted molar refractivity (Wildman–Crippen MR) is 373 cm³/mol. The molecule has 0 aromatic carbocycles. The van der Waals surface area contributed by atoms with Gasteiger partial charge in [-0.05, 0) is 83.5 Å². The molecular weight excluding hydrogens is 1080 g/mol. The van der Waals surface area contributed by atoms with Crippen molar-refractivity contribution in [1.82, 2.24) is 5.32 Å². The van der Waals surface area contributed by atoms with Crippen molar-refractivity contribution in [2.45, 2.75) is 378 Å². The maximum Gasteiger partial charge on any atom is 0.220 e. The Hall–Kier alpha value is -2.89. The van der Waals surface area contributed by atoms with Gasteiger partial charge in [0.05, 0.1) is 25.4 Å². The van der Waals surface area contributed by atoms with Crippen molar-refractivity contribution in [2.24, 2.45) is 0 Å². The molecule has 0 radical (unpaired) electrons. The number of hydrogen-bond donors (Lipinski definition) is 6. The van der Waals surface area contributed by atoms with E-state index in [2.05, 4.69) is 104 Å². The standard InChI is InChI=1S/C78H139NO8/c1-3-5-7-9-11-13-15-17-19-21-23-25-27-29-31-32-33-34-35-36-37-38-39-40-42-44-46-48-50-52-54-56-58-60-62-64-66-68-74(82)79-71(70-86-78-77(85)76(84)75(83)73(69-80)87-78)72(81)67-65-63-61-59-57-55-53-51-49-47-45-43-41-30-28-26-24-22-20-18-16-14-12-10-8-6-4-2/h5,7,11,13,17,19,23,25,29,31,33-34,57,59,65,67,71-73,75-78,80-81,83-85H,3-4,6,8-10,12,14-16,18,20-22,24,26-28,30,32,35-56,58,60-64,66,68-70H2,1-2H3,(H,79,82)/b7-5-,13-11-,19-17-,25-23-,31-29-,34-33-,59-57+,67-65+. The number of hydrogen-bond acceptors (Lipinski definition) is 8. The Kier molecular flexibility index (Phi) is 62.3. The van der Waals surface area contributed by atoms with Crippen molar-refractivity contribution in [3.05, 3.63) is 97.2 Å². The lowest BCUT2D eigenvalue weighted by Gasteiger charge is -2.40. The van der Waals surface area contributed by atoms with Gasteiger partial charge in [-0.25, -0.2) is 0 Å². The molecule has 504 valence electrons. The fraction of sp³-hybridized carbons (Fsp3) is 0.782. The van der Waals surface area contributed by atoms with Gasteiger partial charge in [-0.15, -0.1) is 0 Å². The zero-order valence-electron chi connectivity index (χ0n) is 56.5. The Bertz CT molecular complexity index is 1700. The number of nitrogens with one attached hydrogen (secondary N) is 1. The van der Waals surface area contributed by atoms with Crippen LogP contribution in [0.15, 0.2) is 97.2 Å². The topological polar surface area (TPSA) is 149 Å². The fourth-order valence-electron chi connectivity index (χ4n) is 11.4. The van der Waals surface area contributed by atoms with E-state index in [1.54, 1.807) is 6.08 Å². The smallest absolute Gasteiger partial charge is 0.220 e. The second-order valence-corrected chi connectivity index (χ2v) is 25.3. The molecule has 87 heavy (non-hydrogen) atoms. The van der Waals surface area contributed by atoms with Gasteiger partial charge >= 0.3 is 0 Å². The molecule has 0 aromatic heterocycles. The average molecular weight is 1220 g/mol. The monoisotopic (exact) mass is 1220 g/mol. The van der Waals surface area contributed by atoms with Crippen molar-refractivity contribution in [2.75, 3.05) is 13.2 Å². The molecule has 1 rings (SSSR count). The molecule has 0 saturated carbocycles. The summed E-state index contributed by atoms with van der Waals surface area (Å²) in [5, 5.41) is 54.8. The van der Waals surface area contributed by atoms with Crippen LogP contribution in [0.5, 0.6) is 0 Å². The molecule has 1 amide bonds. The molecule has 6 N–H and O–H groups in total. The first-order chi connectivity index (χ1) is 42.8. The molecule has 1 saturated heterocycles. The van der Waals surface area contributed by atoms with Crippen LogP contribution in [0.3, 0.4) is 0 Å². The van der Waals surface area contributed by atoms with Gasteiger partial charge < -0.3 is 40.3 Å². The Morgan fingerprint density at radius 2 is 0.724 bits per heavy atom. The van der Waals surface area contributed by atoms with Gasteiger partial charge in [-0.2, -0.15) is 0 Å². The number of carbonyl (C=O) groups excluding carboxylic acids is 1. The number of aliphatic hydroxyl groups is 5. The van der Waals surface area contributed by atoms with Crippen LogP contribution < -0.4 is 5.32 Å². The van der Waals surface area contributed by atoms with Gasteiger partial charge in [0.1, 0.15) is 24.4 Å². The highest BCUT2D eigenvalue weighted by Gasteiger charge is 2.44. The number of carbonyl (C=O) groups is 1. The van der Waals surface area contributed by atoms with Crippen LogP contribution >= 0.6 is 0 Å². The lowest BCUT2D eigenvalue weighted by molar-refractivity contribution is -0.302. The number of allylic oxidation sites excluding steroid dienone is 15. The highest BCUT2D eigenvalue weighted by atomic mass is 16.7. The van der Waals surface area contributed by atoms with Crippen LogP contribution in [0.25, 0.3) is 0 Å². The quantitative estimate of drug-likeness (QED) is 0.0261. The molecule has 0 spiro atoms. The zero-order chi connectivity index (χ0) is 62.8. The number of aliphatic hydroxyl groups excluding tert-OH is 5. The summed E-state index contributed by atoms with van der Waals surface area (Å²) in [7, 11) is 0. The van der Waals surface area contributed by atoms with Gasteiger partial charge in [0.15, 0.2) is 6.29 Å². The van der Waals surface area contributed by atoms with E-state index in [1.807, 2.05) is 6.08 Å². The van der Waals surface area contributed by atoms with Gasteiger partial charge in [-0.1, -0.05) is 342 Å². The number of unbranched alkanes of at least 4 members (excludes halogenated alkanes) is 40. The minimum atomic E-state index is -1.58. The second kappa shape index (κ2) is 66.0. The molecular formula is C78H139NO8. The maximum atomic E-state index is 13.1. The van der Waals surface area contributed by atoms with Crippen molar-refractivity contribution in [1.29, 1.82) is 0 Å². The summed E-state index contributed by atoms with van der Waals surface area (Å²) < 4.78 is 11.3. The minimum Gasteiger partial charge on any atom is -0.394 e. The normalized spacial score (nSPS) is 18.5. The number of ether oxygens (including phenoxy) is 2. The van der Waals surface area contributed by atoms with E-state index in [4.69, 9.17) is 9.47 Å². The van der Waals surface area contributed by atoms with Gasteiger partial charge in [0.25, 0.3) is 0 Å². The van der Waals surface area contributed by atoms with Gasteiger partial charge in [0.2, 0.25) is 5.91 Å². The van der Waals surface area contributed by atoms with Gasteiger partial charge in [-0.3, -0.25) is 4.79 Å². The predicted octanol–water partition coefficient (Wildman–Crippen LogP) is 20.6. The highest BCUT2D eigenvalue weighted by Crippen LogP contribution is 2.23. The molecule has 0 aromatic rings. The number of rotatable bonds is 64. The molecule has 7 atom stereocenters. The summed E-state index contributed by atoms with van der Waals surface area (Å²) in [4.78, 5) is 13.1. The molecule has 7 unspecified atom stereocenters. The molecule has 1 aliphatic rings. The second-order valence-electron chi connectivity index (χ2n) is 25.3. The molecule has 9 nitrogen and oxygen atoms in total. The van der Waals surface area contributed by atoms with Crippen LogP contribution in [0.4, 0.5) is 0 Å². The van der Waals surface area contributed by atoms with E-state index in [0.29, 0.717) is 6.42 Å². The molecule has 9 heteroatoms. The summed E-state index contributed by atoms with van der Waals surface area (Å²) >= 11 is 0. The third-order valence-corrected chi connectivity index (χ3v) is 17.1. The molecule has 1 heterocycles. The van der Waals surface area contributed by atoms with Crippen molar-refractivity contribution >= 4 is 5.91 Å². The van der Waals surface area contributed by atoms with E-state index < -0.39 is 49.5 Å². The zero-order valence-corrected chi connectivity index (χ0v) is 56.5. The average Bonchev–Trinajstić information content (AvgIpc) is 3.37. The van der Waals surface area contributed by atoms with Crippen molar-refractivity contribution < 1.29 is 39.8 Å². The first kappa shape index (κ1) is 82.1. The Morgan fingerprint density at radius 1 is 0.402 bits per heavy atom. The van der Waals surface area contributed by atoms with Gasteiger partial charge in [0, 0.05) is 6.42 Å². The SMILES string of the molecule is CC/C=C\C/C=C\C/C=C\C/C=C\C/C=C\C/C=C\CCCCCCCCCCCCCCCCCCCCC(=O)NC(COC1OC(CO)C(O)C(O)C1O)C(O)/C=C/CC/C=C/CCCCCCCCCCCCCCCCCCCCCCC. The van der Waals surface area contributed by atoms with Crippen LogP contribution in [-0.2, 0) is 14.3 Å².